The normalized spacial score (nSPS) is 13.1. The molecule has 0 aliphatic carbocycles. The number of nitrogens with zero attached hydrogens (tertiary/aromatic N) is 4. The number of hydrogen-bond acceptors (Lipinski definition) is 5. The molecule has 1 aromatic carbocycles. The van der Waals surface area contributed by atoms with Gasteiger partial charge in [0, 0.05) is 18.7 Å². The van der Waals surface area contributed by atoms with Gasteiger partial charge in [-0.25, -0.2) is 0 Å². The highest BCUT2D eigenvalue weighted by atomic mass is 35.5. The van der Waals surface area contributed by atoms with Gasteiger partial charge in [-0.3, -0.25) is 0 Å². The van der Waals surface area contributed by atoms with Crippen LogP contribution in [0.5, 0.6) is 0 Å². The highest BCUT2D eigenvalue weighted by molar-refractivity contribution is 6.30. The second-order valence-corrected chi connectivity index (χ2v) is 5.98. The van der Waals surface area contributed by atoms with Crippen molar-refractivity contribution in [3.05, 3.63) is 52.8 Å². The molecule has 1 N–H and O–H groups in total. The Morgan fingerprint density at radius 2 is 1.88 bits per heavy atom. The van der Waals surface area contributed by atoms with Crippen LogP contribution in [0.1, 0.15) is 23.9 Å². The van der Waals surface area contributed by atoms with Crippen LogP contribution in [0.2, 0.25) is 5.02 Å². The van der Waals surface area contributed by atoms with Gasteiger partial charge in [0.15, 0.2) is 5.65 Å². The number of alkyl halides is 3. The summed E-state index contributed by atoms with van der Waals surface area (Å²) >= 11 is 5.91. The molecule has 138 valence electrons. The fraction of sp³-hybridized carbons (Fsp3) is 0.312. The van der Waals surface area contributed by atoms with Crippen molar-refractivity contribution in [2.75, 3.05) is 19.0 Å². The van der Waals surface area contributed by atoms with E-state index in [2.05, 4.69) is 20.6 Å². The molecule has 2 aromatic heterocycles. The monoisotopic (exact) mass is 385 g/mol. The second kappa shape index (κ2) is 7.46. The van der Waals surface area contributed by atoms with E-state index in [4.69, 9.17) is 16.3 Å². The van der Waals surface area contributed by atoms with E-state index in [1.807, 2.05) is 12.1 Å². The third-order valence-corrected chi connectivity index (χ3v) is 3.97. The van der Waals surface area contributed by atoms with Crippen LogP contribution in [-0.4, -0.2) is 33.5 Å². The lowest BCUT2D eigenvalue weighted by Crippen LogP contribution is -2.16. The van der Waals surface area contributed by atoms with E-state index in [9.17, 15) is 13.2 Å². The summed E-state index contributed by atoms with van der Waals surface area (Å²) < 4.78 is 44.8. The van der Waals surface area contributed by atoms with Crippen LogP contribution in [0, 0.1) is 0 Å². The third kappa shape index (κ3) is 4.05. The fourth-order valence-corrected chi connectivity index (χ4v) is 2.60. The SMILES string of the molecule is COCCC(Nc1ccc2nnc(C(F)(F)F)n2n1)c1ccc(Cl)cc1. The summed E-state index contributed by atoms with van der Waals surface area (Å²) in [5.41, 5.74) is 0.927. The zero-order valence-corrected chi connectivity index (χ0v) is 14.4. The maximum absolute atomic E-state index is 13.0. The summed E-state index contributed by atoms with van der Waals surface area (Å²) in [4.78, 5) is 0. The van der Waals surface area contributed by atoms with Crippen LogP contribution < -0.4 is 5.32 Å². The number of anilines is 1. The lowest BCUT2D eigenvalue weighted by atomic mass is 10.0. The number of methoxy groups -OCH3 is 1. The van der Waals surface area contributed by atoms with E-state index >= 15 is 0 Å². The average molecular weight is 386 g/mol. The Hall–Kier alpha value is -2.39. The summed E-state index contributed by atoms with van der Waals surface area (Å²) in [5, 5.41) is 14.4. The van der Waals surface area contributed by atoms with Crippen molar-refractivity contribution in [1.29, 1.82) is 0 Å². The molecule has 0 spiro atoms. The molecule has 0 aliphatic heterocycles. The quantitative estimate of drug-likeness (QED) is 0.695. The summed E-state index contributed by atoms with van der Waals surface area (Å²) in [7, 11) is 1.58. The molecule has 3 rings (SSSR count). The van der Waals surface area contributed by atoms with Crippen molar-refractivity contribution in [2.45, 2.75) is 18.6 Å². The molecule has 1 unspecified atom stereocenters. The van der Waals surface area contributed by atoms with E-state index in [0.717, 1.165) is 5.56 Å². The van der Waals surface area contributed by atoms with Crippen molar-refractivity contribution < 1.29 is 17.9 Å². The van der Waals surface area contributed by atoms with Gasteiger partial charge in [-0.1, -0.05) is 23.7 Å². The number of ether oxygens (including phenoxy) is 1. The molecular weight excluding hydrogens is 371 g/mol. The van der Waals surface area contributed by atoms with Crippen LogP contribution in [0.3, 0.4) is 0 Å². The van der Waals surface area contributed by atoms with Gasteiger partial charge in [0.1, 0.15) is 5.82 Å². The standard InChI is InChI=1S/C16H15ClF3N5O/c1-26-9-8-12(10-2-4-11(17)5-3-10)21-13-6-7-14-22-23-15(16(18,19)20)25(14)24-13/h2-7,12H,8-9H2,1H3,(H,21,24). The van der Waals surface area contributed by atoms with Crippen LogP contribution in [0.25, 0.3) is 5.65 Å². The van der Waals surface area contributed by atoms with Crippen molar-refractivity contribution in [3.63, 3.8) is 0 Å². The molecule has 3 aromatic rings. The number of fused-ring (bicyclic) bond motifs is 1. The first-order valence-electron chi connectivity index (χ1n) is 7.69. The van der Waals surface area contributed by atoms with Crippen LogP contribution in [0.4, 0.5) is 19.0 Å². The van der Waals surface area contributed by atoms with E-state index in [0.29, 0.717) is 22.6 Å². The molecule has 26 heavy (non-hydrogen) atoms. The second-order valence-electron chi connectivity index (χ2n) is 5.54. The van der Waals surface area contributed by atoms with E-state index < -0.39 is 12.0 Å². The Labute approximate surface area is 151 Å². The Morgan fingerprint density at radius 1 is 1.15 bits per heavy atom. The number of halogens is 4. The van der Waals surface area contributed by atoms with Crippen molar-refractivity contribution in [1.82, 2.24) is 19.8 Å². The topological polar surface area (TPSA) is 64.3 Å². The summed E-state index contributed by atoms with van der Waals surface area (Å²) in [6, 6.07) is 9.94. The molecule has 0 bridgehead atoms. The first-order chi connectivity index (χ1) is 12.4. The highest BCUT2D eigenvalue weighted by Gasteiger charge is 2.37. The predicted octanol–water partition coefficient (Wildman–Crippen LogP) is 3.99. The number of rotatable bonds is 6. The molecule has 6 nitrogen and oxygen atoms in total. The summed E-state index contributed by atoms with van der Waals surface area (Å²) in [6.07, 6.45) is -4.05. The molecule has 2 heterocycles. The van der Waals surface area contributed by atoms with Gasteiger partial charge in [-0.15, -0.1) is 15.3 Å². The van der Waals surface area contributed by atoms with Gasteiger partial charge in [-0.2, -0.15) is 17.7 Å². The van der Waals surface area contributed by atoms with E-state index in [1.165, 1.54) is 6.07 Å². The molecule has 0 saturated carbocycles. The Bertz CT molecular complexity index is 882. The van der Waals surface area contributed by atoms with E-state index in [1.54, 1.807) is 25.3 Å². The first kappa shape index (κ1) is 18.4. The number of hydrogen-bond donors (Lipinski definition) is 1. The average Bonchev–Trinajstić information content (AvgIpc) is 3.03. The lowest BCUT2D eigenvalue weighted by Gasteiger charge is -2.19. The Morgan fingerprint density at radius 3 is 2.54 bits per heavy atom. The largest absolute Gasteiger partial charge is 0.453 e. The van der Waals surface area contributed by atoms with Crippen molar-refractivity contribution in [2.24, 2.45) is 0 Å². The minimum Gasteiger partial charge on any atom is -0.385 e. The smallest absolute Gasteiger partial charge is 0.385 e. The lowest BCUT2D eigenvalue weighted by molar-refractivity contribution is -0.146. The third-order valence-electron chi connectivity index (χ3n) is 3.72. The summed E-state index contributed by atoms with van der Waals surface area (Å²) in [5.74, 6) is -0.907. The number of aromatic nitrogens is 4. The molecular formula is C16H15ClF3N5O. The highest BCUT2D eigenvalue weighted by Crippen LogP contribution is 2.28. The molecule has 10 heteroatoms. The molecule has 1 atom stereocenters. The minimum atomic E-state index is -4.64. The van der Waals surface area contributed by atoms with Gasteiger partial charge < -0.3 is 10.1 Å². The molecule has 0 fully saturated rings. The fourth-order valence-electron chi connectivity index (χ4n) is 2.47. The van der Waals surface area contributed by atoms with Crippen LogP contribution >= 0.6 is 11.6 Å². The number of nitrogens with one attached hydrogen (secondary N) is 1. The molecule has 0 saturated heterocycles. The summed E-state index contributed by atoms with van der Waals surface area (Å²) in [6.45, 7) is 0.461. The molecule has 0 amide bonds. The van der Waals surface area contributed by atoms with Crippen molar-refractivity contribution in [3.8, 4) is 0 Å². The number of benzene rings is 1. The maximum atomic E-state index is 13.0. The maximum Gasteiger partial charge on any atom is 0.453 e. The van der Waals surface area contributed by atoms with Gasteiger partial charge in [-0.05, 0) is 36.2 Å². The Kier molecular flexibility index (Phi) is 5.28. The van der Waals surface area contributed by atoms with Gasteiger partial charge >= 0.3 is 6.18 Å². The van der Waals surface area contributed by atoms with Gasteiger partial charge in [0.05, 0.1) is 6.04 Å². The van der Waals surface area contributed by atoms with Gasteiger partial charge in [0.2, 0.25) is 0 Å². The zero-order chi connectivity index (χ0) is 18.7. The van der Waals surface area contributed by atoms with Crippen LogP contribution in [-0.2, 0) is 10.9 Å². The minimum absolute atomic E-state index is 0.0165. The predicted molar refractivity (Wildman–Crippen MR) is 90.1 cm³/mol. The van der Waals surface area contributed by atoms with Gasteiger partial charge in [0.25, 0.3) is 5.82 Å². The van der Waals surface area contributed by atoms with Crippen molar-refractivity contribution >= 4 is 23.1 Å². The molecule has 0 radical (unpaired) electrons. The van der Waals surface area contributed by atoms with Crippen LogP contribution in [0.15, 0.2) is 36.4 Å². The van der Waals surface area contributed by atoms with E-state index in [-0.39, 0.29) is 17.5 Å². The Balaban J connectivity index is 1.91. The molecule has 0 aliphatic rings. The first-order valence-corrected chi connectivity index (χ1v) is 8.07. The zero-order valence-electron chi connectivity index (χ0n) is 13.7.